The van der Waals surface area contributed by atoms with Crippen LogP contribution >= 0.6 is 11.8 Å². The highest BCUT2D eigenvalue weighted by molar-refractivity contribution is 8.17. The van der Waals surface area contributed by atoms with Gasteiger partial charge < -0.3 is 4.90 Å². The molecular formula is C9H14N2S. The highest BCUT2D eigenvalue weighted by atomic mass is 32.2. The standard InChI is InChI=1S/C9H14N2S/c1-4-8-7(3)12-9-10-5-6(2)11(8)9/h6H,4-5H2,1-3H3. The van der Waals surface area contributed by atoms with Crippen molar-refractivity contribution in [3.05, 3.63) is 10.6 Å². The van der Waals surface area contributed by atoms with E-state index >= 15 is 0 Å². The lowest BCUT2D eigenvalue weighted by molar-refractivity contribution is 0.435. The SMILES string of the molecule is CCC1=C(C)SC2=NCC(C)N21. The molecule has 0 saturated carbocycles. The average Bonchev–Trinajstić information content (AvgIpc) is 2.52. The van der Waals surface area contributed by atoms with Crippen LogP contribution in [0.15, 0.2) is 15.6 Å². The Labute approximate surface area is 77.7 Å². The number of aliphatic imine (C=N–C) groups is 1. The van der Waals surface area contributed by atoms with Crippen molar-refractivity contribution in [1.82, 2.24) is 4.90 Å². The van der Waals surface area contributed by atoms with Crippen LogP contribution in [0.3, 0.4) is 0 Å². The van der Waals surface area contributed by atoms with Gasteiger partial charge in [0.15, 0.2) is 5.17 Å². The van der Waals surface area contributed by atoms with Crippen LogP contribution in [0.4, 0.5) is 0 Å². The maximum Gasteiger partial charge on any atom is 0.168 e. The lowest BCUT2D eigenvalue weighted by Crippen LogP contribution is -2.29. The number of amidine groups is 1. The van der Waals surface area contributed by atoms with Crippen LogP contribution in [0.25, 0.3) is 0 Å². The minimum absolute atomic E-state index is 0.583. The van der Waals surface area contributed by atoms with Crippen molar-refractivity contribution in [2.75, 3.05) is 6.54 Å². The minimum atomic E-state index is 0.583. The highest BCUT2D eigenvalue weighted by Crippen LogP contribution is 2.39. The largest absolute Gasteiger partial charge is 0.319 e. The molecule has 2 aliphatic rings. The molecule has 0 fully saturated rings. The predicted octanol–water partition coefficient (Wildman–Crippen LogP) is 2.43. The molecule has 0 saturated heterocycles. The molecule has 1 unspecified atom stereocenters. The van der Waals surface area contributed by atoms with Crippen LogP contribution in [0.1, 0.15) is 27.2 Å². The fourth-order valence-electron chi connectivity index (χ4n) is 1.80. The van der Waals surface area contributed by atoms with Gasteiger partial charge in [-0.2, -0.15) is 0 Å². The van der Waals surface area contributed by atoms with E-state index < -0.39 is 0 Å². The molecule has 3 heteroatoms. The first kappa shape index (κ1) is 8.17. The third-order valence-electron chi connectivity index (χ3n) is 2.41. The van der Waals surface area contributed by atoms with Gasteiger partial charge in [-0.15, -0.1) is 0 Å². The van der Waals surface area contributed by atoms with Crippen molar-refractivity contribution >= 4 is 16.9 Å². The number of hydrogen-bond acceptors (Lipinski definition) is 3. The Morgan fingerprint density at radius 1 is 1.67 bits per heavy atom. The Hall–Kier alpha value is -0.440. The van der Waals surface area contributed by atoms with E-state index in [9.17, 15) is 0 Å². The smallest absolute Gasteiger partial charge is 0.168 e. The maximum atomic E-state index is 4.49. The number of allylic oxidation sites excluding steroid dienone is 2. The molecule has 0 aliphatic carbocycles. The Kier molecular flexibility index (Phi) is 1.91. The first-order valence-electron chi connectivity index (χ1n) is 4.45. The van der Waals surface area contributed by atoms with Gasteiger partial charge in [0.25, 0.3) is 0 Å². The van der Waals surface area contributed by atoms with Gasteiger partial charge >= 0.3 is 0 Å². The number of thioether (sulfide) groups is 1. The fourth-order valence-corrected chi connectivity index (χ4v) is 2.97. The molecule has 2 nitrogen and oxygen atoms in total. The molecule has 0 N–H and O–H groups in total. The van der Waals surface area contributed by atoms with Crippen LogP contribution in [0.2, 0.25) is 0 Å². The predicted molar refractivity (Wildman–Crippen MR) is 54.2 cm³/mol. The Bertz CT molecular complexity index is 268. The molecule has 2 aliphatic heterocycles. The van der Waals surface area contributed by atoms with Crippen molar-refractivity contribution in [3.63, 3.8) is 0 Å². The van der Waals surface area contributed by atoms with Crippen molar-refractivity contribution in [2.45, 2.75) is 33.2 Å². The summed E-state index contributed by atoms with van der Waals surface area (Å²) in [7, 11) is 0. The summed E-state index contributed by atoms with van der Waals surface area (Å²) < 4.78 is 0. The second kappa shape index (κ2) is 2.80. The van der Waals surface area contributed by atoms with E-state index in [0.717, 1.165) is 13.0 Å². The van der Waals surface area contributed by atoms with E-state index in [1.54, 1.807) is 0 Å². The van der Waals surface area contributed by atoms with Crippen LogP contribution in [0.5, 0.6) is 0 Å². The molecule has 0 radical (unpaired) electrons. The molecule has 0 bridgehead atoms. The van der Waals surface area contributed by atoms with Gasteiger partial charge in [-0.25, -0.2) is 0 Å². The molecule has 12 heavy (non-hydrogen) atoms. The van der Waals surface area contributed by atoms with Gasteiger partial charge in [0.05, 0.1) is 12.6 Å². The molecule has 2 rings (SSSR count). The first-order chi connectivity index (χ1) is 5.74. The molecule has 0 aromatic carbocycles. The van der Waals surface area contributed by atoms with E-state index in [2.05, 4.69) is 30.7 Å². The summed E-state index contributed by atoms with van der Waals surface area (Å²) in [4.78, 5) is 8.31. The lowest BCUT2D eigenvalue weighted by atomic mass is 10.2. The van der Waals surface area contributed by atoms with Crippen LogP contribution in [-0.2, 0) is 0 Å². The average molecular weight is 182 g/mol. The molecule has 0 spiro atoms. The normalized spacial score (nSPS) is 28.1. The topological polar surface area (TPSA) is 15.6 Å². The van der Waals surface area contributed by atoms with Crippen LogP contribution in [0, 0.1) is 0 Å². The van der Waals surface area contributed by atoms with E-state index in [1.165, 1.54) is 15.8 Å². The Morgan fingerprint density at radius 3 is 3.08 bits per heavy atom. The maximum absolute atomic E-state index is 4.49. The summed E-state index contributed by atoms with van der Waals surface area (Å²) in [6.45, 7) is 7.62. The zero-order chi connectivity index (χ0) is 8.72. The second-order valence-electron chi connectivity index (χ2n) is 3.30. The molecule has 2 heterocycles. The summed E-state index contributed by atoms with van der Waals surface area (Å²) in [5, 5.41) is 1.22. The van der Waals surface area contributed by atoms with Crippen molar-refractivity contribution in [1.29, 1.82) is 0 Å². The monoisotopic (exact) mass is 182 g/mol. The quantitative estimate of drug-likeness (QED) is 0.619. The lowest BCUT2D eigenvalue weighted by Gasteiger charge is -2.21. The van der Waals surface area contributed by atoms with Gasteiger partial charge in [-0.1, -0.05) is 18.7 Å². The zero-order valence-corrected chi connectivity index (χ0v) is 8.61. The van der Waals surface area contributed by atoms with Crippen molar-refractivity contribution in [2.24, 2.45) is 4.99 Å². The number of rotatable bonds is 1. The molecule has 0 amide bonds. The molecule has 0 aromatic heterocycles. The van der Waals surface area contributed by atoms with Crippen LogP contribution in [-0.4, -0.2) is 22.7 Å². The van der Waals surface area contributed by atoms with E-state index in [4.69, 9.17) is 0 Å². The van der Waals surface area contributed by atoms with E-state index in [1.807, 2.05) is 11.8 Å². The molecule has 1 atom stereocenters. The third-order valence-corrected chi connectivity index (χ3v) is 3.46. The van der Waals surface area contributed by atoms with Crippen molar-refractivity contribution in [3.8, 4) is 0 Å². The summed E-state index contributed by atoms with van der Waals surface area (Å²) in [5.74, 6) is 0. The number of fused-ring (bicyclic) bond motifs is 1. The summed E-state index contributed by atoms with van der Waals surface area (Å²) in [6, 6.07) is 0.583. The summed E-state index contributed by atoms with van der Waals surface area (Å²) in [6.07, 6.45) is 1.13. The first-order valence-corrected chi connectivity index (χ1v) is 5.27. The zero-order valence-electron chi connectivity index (χ0n) is 7.79. The number of hydrogen-bond donors (Lipinski definition) is 0. The fraction of sp³-hybridized carbons (Fsp3) is 0.667. The molecule has 66 valence electrons. The van der Waals surface area contributed by atoms with E-state index in [-0.39, 0.29) is 0 Å². The van der Waals surface area contributed by atoms with Gasteiger partial charge in [-0.3, -0.25) is 4.99 Å². The molecular weight excluding hydrogens is 168 g/mol. The summed E-state index contributed by atoms with van der Waals surface area (Å²) in [5.41, 5.74) is 1.48. The van der Waals surface area contributed by atoms with E-state index in [0.29, 0.717) is 6.04 Å². The molecule has 0 aromatic rings. The third kappa shape index (κ3) is 0.993. The van der Waals surface area contributed by atoms with Crippen LogP contribution < -0.4 is 0 Å². The Morgan fingerprint density at radius 2 is 2.42 bits per heavy atom. The second-order valence-corrected chi connectivity index (χ2v) is 4.48. The Balaban J connectivity index is 2.31. The minimum Gasteiger partial charge on any atom is -0.319 e. The number of nitrogens with zero attached hydrogens (tertiary/aromatic N) is 2. The van der Waals surface area contributed by atoms with Gasteiger partial charge in [-0.05, 0) is 20.3 Å². The van der Waals surface area contributed by atoms with Gasteiger partial charge in [0, 0.05) is 10.6 Å². The highest BCUT2D eigenvalue weighted by Gasteiger charge is 2.33. The summed E-state index contributed by atoms with van der Waals surface area (Å²) >= 11 is 1.83. The van der Waals surface area contributed by atoms with Gasteiger partial charge in [0.1, 0.15) is 0 Å². The van der Waals surface area contributed by atoms with Gasteiger partial charge in [0.2, 0.25) is 0 Å². The van der Waals surface area contributed by atoms with Crippen molar-refractivity contribution < 1.29 is 0 Å².